The summed E-state index contributed by atoms with van der Waals surface area (Å²) < 4.78 is 158. The van der Waals surface area contributed by atoms with Crippen LogP contribution in [0, 0.1) is 0 Å². The zero-order chi connectivity index (χ0) is 20.1. The topological polar surface area (TPSA) is 9.23 Å². The van der Waals surface area contributed by atoms with E-state index in [4.69, 9.17) is 11.6 Å². The lowest BCUT2D eigenvalue weighted by Crippen LogP contribution is -2.70. The van der Waals surface area contributed by atoms with E-state index in [0.717, 1.165) is 0 Å². The Bertz CT molecular complexity index is 477. The molecule has 0 aromatic carbocycles. The normalized spacial score (nSPS) is 35.3. The summed E-state index contributed by atoms with van der Waals surface area (Å²) in [5.74, 6) is -4.87. The second-order valence-electron chi connectivity index (χ2n) is 5.43. The molecule has 0 unspecified atom stereocenters. The standard InChI is InChI=1S/C11H9ClF12O/c12-4-1-8(17,10(19,20)21)9(18,11(22,23)24)2-5(4)25-3-7(15,16)6(13)14/h4-6H,1-3H2/t4-,5-,8+,9+/m0/s1. The Balaban J connectivity index is 3.15. The molecule has 0 heterocycles. The molecule has 25 heavy (non-hydrogen) atoms. The van der Waals surface area contributed by atoms with Crippen LogP contribution in [0.2, 0.25) is 0 Å². The van der Waals surface area contributed by atoms with Crippen molar-refractivity contribution in [3.63, 3.8) is 0 Å². The van der Waals surface area contributed by atoms with E-state index in [9.17, 15) is 52.7 Å². The highest BCUT2D eigenvalue weighted by Crippen LogP contribution is 2.59. The molecular weight excluding hydrogens is 412 g/mol. The fourth-order valence-electron chi connectivity index (χ4n) is 2.25. The molecule has 0 aromatic heterocycles. The molecule has 1 aliphatic carbocycles. The Morgan fingerprint density at radius 2 is 1.28 bits per heavy atom. The lowest BCUT2D eigenvalue weighted by molar-refractivity contribution is -0.360. The lowest BCUT2D eigenvalue weighted by Gasteiger charge is -2.48. The first-order valence-electron chi connectivity index (χ1n) is 6.32. The van der Waals surface area contributed by atoms with Crippen LogP contribution in [0.1, 0.15) is 12.8 Å². The minimum atomic E-state index is -6.40. The van der Waals surface area contributed by atoms with E-state index >= 15 is 0 Å². The highest BCUT2D eigenvalue weighted by atomic mass is 35.5. The molecule has 0 amide bonds. The summed E-state index contributed by atoms with van der Waals surface area (Å²) in [6.07, 6.45) is -24.3. The number of hydrogen-bond donors (Lipinski definition) is 0. The minimum absolute atomic E-state index is 2.24. The van der Waals surface area contributed by atoms with Gasteiger partial charge in [-0.3, -0.25) is 0 Å². The minimum Gasteiger partial charge on any atom is -0.370 e. The molecule has 0 saturated heterocycles. The molecule has 0 aromatic rings. The van der Waals surface area contributed by atoms with Gasteiger partial charge < -0.3 is 4.74 Å². The van der Waals surface area contributed by atoms with Crippen molar-refractivity contribution in [1.29, 1.82) is 0 Å². The van der Waals surface area contributed by atoms with Gasteiger partial charge in [-0.2, -0.15) is 35.1 Å². The summed E-state index contributed by atoms with van der Waals surface area (Å²) >= 11 is 5.23. The maximum atomic E-state index is 14.1. The molecule has 0 bridgehead atoms. The summed E-state index contributed by atoms with van der Waals surface area (Å²) in [6, 6.07) is 0. The van der Waals surface area contributed by atoms with Crippen LogP contribution in [0.3, 0.4) is 0 Å². The van der Waals surface area contributed by atoms with Crippen LogP contribution in [0.5, 0.6) is 0 Å². The van der Waals surface area contributed by atoms with Gasteiger partial charge >= 0.3 is 24.7 Å². The lowest BCUT2D eigenvalue weighted by atomic mass is 9.71. The molecule has 1 saturated carbocycles. The third-order valence-electron chi connectivity index (χ3n) is 3.70. The van der Waals surface area contributed by atoms with Gasteiger partial charge in [-0.1, -0.05) is 0 Å². The largest absolute Gasteiger partial charge is 0.426 e. The van der Waals surface area contributed by atoms with Crippen molar-refractivity contribution in [2.45, 2.75) is 60.4 Å². The first-order valence-corrected chi connectivity index (χ1v) is 6.75. The van der Waals surface area contributed by atoms with Crippen LogP contribution in [0.4, 0.5) is 52.7 Å². The Labute approximate surface area is 137 Å². The Morgan fingerprint density at radius 1 is 0.880 bits per heavy atom. The van der Waals surface area contributed by atoms with Crippen LogP contribution < -0.4 is 0 Å². The Kier molecular flexibility index (Phi) is 5.87. The van der Waals surface area contributed by atoms with E-state index in [2.05, 4.69) is 4.74 Å². The van der Waals surface area contributed by atoms with E-state index in [1.165, 1.54) is 0 Å². The van der Waals surface area contributed by atoms with Crippen LogP contribution in [-0.2, 0) is 4.74 Å². The zero-order valence-electron chi connectivity index (χ0n) is 11.7. The molecule has 4 atom stereocenters. The number of halogens is 13. The van der Waals surface area contributed by atoms with E-state index in [1.807, 2.05) is 0 Å². The number of hydrogen-bond acceptors (Lipinski definition) is 1. The highest BCUT2D eigenvalue weighted by Gasteiger charge is 2.81. The van der Waals surface area contributed by atoms with Crippen molar-refractivity contribution in [3.8, 4) is 0 Å². The fourth-order valence-corrected chi connectivity index (χ4v) is 2.63. The van der Waals surface area contributed by atoms with Gasteiger partial charge in [0.15, 0.2) is 0 Å². The first kappa shape index (κ1) is 22.5. The summed E-state index contributed by atoms with van der Waals surface area (Å²) in [4.78, 5) is 0. The van der Waals surface area contributed by atoms with Crippen molar-refractivity contribution in [3.05, 3.63) is 0 Å². The molecule has 1 fully saturated rings. The summed E-state index contributed by atoms with van der Waals surface area (Å²) in [5, 5.41) is -2.33. The van der Waals surface area contributed by atoms with E-state index in [1.54, 1.807) is 0 Å². The van der Waals surface area contributed by atoms with Gasteiger partial charge in [0.2, 0.25) is 5.67 Å². The monoisotopic (exact) mass is 420 g/mol. The second-order valence-corrected chi connectivity index (χ2v) is 5.99. The molecule has 1 rings (SSSR count). The van der Waals surface area contributed by atoms with Crippen molar-refractivity contribution in [2.75, 3.05) is 6.61 Å². The summed E-state index contributed by atoms with van der Waals surface area (Å²) in [5.41, 5.74) is -11.0. The fraction of sp³-hybridized carbons (Fsp3) is 1.00. The van der Waals surface area contributed by atoms with Gasteiger partial charge in [-0.05, 0) is 0 Å². The van der Waals surface area contributed by atoms with Crippen LogP contribution in [0.25, 0.3) is 0 Å². The van der Waals surface area contributed by atoms with Crippen LogP contribution >= 0.6 is 11.6 Å². The van der Waals surface area contributed by atoms with Gasteiger partial charge in [-0.15, -0.1) is 11.6 Å². The maximum absolute atomic E-state index is 14.1. The first-order chi connectivity index (χ1) is 10.9. The molecule has 150 valence electrons. The molecule has 1 nitrogen and oxygen atoms in total. The maximum Gasteiger partial charge on any atom is 0.426 e. The summed E-state index contributed by atoms with van der Waals surface area (Å²) in [7, 11) is 0. The van der Waals surface area contributed by atoms with Crippen molar-refractivity contribution >= 4 is 11.6 Å². The molecule has 0 N–H and O–H groups in total. The smallest absolute Gasteiger partial charge is 0.370 e. The quantitative estimate of drug-likeness (QED) is 0.448. The van der Waals surface area contributed by atoms with E-state index in [-0.39, 0.29) is 0 Å². The molecule has 1 aliphatic rings. The van der Waals surface area contributed by atoms with Gasteiger partial charge in [0.1, 0.15) is 6.61 Å². The van der Waals surface area contributed by atoms with Crippen LogP contribution in [0.15, 0.2) is 0 Å². The number of rotatable bonds is 4. The average Bonchev–Trinajstić information content (AvgIpc) is 2.38. The Hall–Kier alpha value is -0.590. The SMILES string of the molecule is FC(F)C(F)(F)CO[C@H]1C[C@](F)(C(F)(F)F)[C@@](F)(C(F)(F)F)C[C@@H]1Cl. The van der Waals surface area contributed by atoms with E-state index in [0.29, 0.717) is 0 Å². The van der Waals surface area contributed by atoms with E-state index < -0.39 is 67.0 Å². The summed E-state index contributed by atoms with van der Waals surface area (Å²) in [6.45, 7) is -2.24. The van der Waals surface area contributed by atoms with Gasteiger partial charge in [0.05, 0.1) is 11.5 Å². The number of ether oxygens (including phenoxy) is 1. The molecular formula is C11H9ClF12O. The molecule has 14 heteroatoms. The third kappa shape index (κ3) is 3.91. The molecule has 0 radical (unpaired) electrons. The number of alkyl halides is 13. The predicted octanol–water partition coefficient (Wildman–Crippen LogP) is 5.21. The predicted molar refractivity (Wildman–Crippen MR) is 59.4 cm³/mol. The molecule has 0 aliphatic heterocycles. The van der Waals surface area contributed by atoms with Crippen molar-refractivity contribution < 1.29 is 57.4 Å². The third-order valence-corrected chi connectivity index (χ3v) is 4.13. The van der Waals surface area contributed by atoms with Crippen LogP contribution in [-0.4, -0.2) is 54.1 Å². The Morgan fingerprint density at radius 3 is 1.64 bits per heavy atom. The average molecular weight is 421 g/mol. The molecule has 0 spiro atoms. The van der Waals surface area contributed by atoms with Crippen molar-refractivity contribution in [2.24, 2.45) is 0 Å². The van der Waals surface area contributed by atoms with Gasteiger partial charge in [0.25, 0.3) is 5.67 Å². The highest BCUT2D eigenvalue weighted by molar-refractivity contribution is 6.21. The van der Waals surface area contributed by atoms with Gasteiger partial charge in [-0.25, -0.2) is 17.6 Å². The zero-order valence-corrected chi connectivity index (χ0v) is 12.4. The second kappa shape index (κ2) is 6.54. The van der Waals surface area contributed by atoms with Gasteiger partial charge in [0, 0.05) is 12.8 Å². The van der Waals surface area contributed by atoms with Crippen molar-refractivity contribution in [1.82, 2.24) is 0 Å².